The standard InChI is InChI=1S/C15H20N2O3S3/c1-10-7-13(14(18)8-22-15-16-4-5-21-15)11(2)17(10)12-3-6-23(19,20)9-12/h7,12H,3-6,8-9H2,1-2H3/t12-/m1/s1. The summed E-state index contributed by atoms with van der Waals surface area (Å²) in [6, 6.07) is 1.86. The lowest BCUT2D eigenvalue weighted by atomic mass is 10.2. The van der Waals surface area contributed by atoms with E-state index >= 15 is 0 Å². The normalized spacial score (nSPS) is 23.2. The smallest absolute Gasteiger partial charge is 0.174 e. The lowest BCUT2D eigenvalue weighted by molar-refractivity contribution is 0.102. The van der Waals surface area contributed by atoms with Gasteiger partial charge in [0.05, 0.1) is 23.8 Å². The topological polar surface area (TPSA) is 68.5 Å². The molecule has 1 aromatic heterocycles. The molecule has 0 spiro atoms. The summed E-state index contributed by atoms with van der Waals surface area (Å²) in [6.45, 7) is 4.70. The van der Waals surface area contributed by atoms with E-state index in [-0.39, 0.29) is 23.3 Å². The third-order valence-corrected chi connectivity index (χ3v) is 8.25. The zero-order valence-electron chi connectivity index (χ0n) is 13.2. The Bertz CT molecular complexity index is 765. The molecule has 126 valence electrons. The zero-order chi connectivity index (χ0) is 16.6. The summed E-state index contributed by atoms with van der Waals surface area (Å²) in [5.74, 6) is 1.90. The molecule has 1 fully saturated rings. The van der Waals surface area contributed by atoms with E-state index in [1.54, 1.807) is 11.8 Å². The highest BCUT2D eigenvalue weighted by Gasteiger charge is 2.31. The Kier molecular flexibility index (Phi) is 4.94. The van der Waals surface area contributed by atoms with Crippen molar-refractivity contribution in [2.75, 3.05) is 29.6 Å². The fourth-order valence-corrected chi connectivity index (χ4v) is 6.80. The van der Waals surface area contributed by atoms with Crippen molar-refractivity contribution in [2.24, 2.45) is 4.99 Å². The monoisotopic (exact) mass is 372 g/mol. The molecule has 1 atom stereocenters. The van der Waals surface area contributed by atoms with Gasteiger partial charge in [-0.3, -0.25) is 9.79 Å². The van der Waals surface area contributed by atoms with Gasteiger partial charge in [0.15, 0.2) is 15.6 Å². The summed E-state index contributed by atoms with van der Waals surface area (Å²) >= 11 is 3.20. The molecule has 3 heterocycles. The van der Waals surface area contributed by atoms with Gasteiger partial charge in [0, 0.05) is 28.7 Å². The van der Waals surface area contributed by atoms with Gasteiger partial charge in [-0.05, 0) is 26.3 Å². The summed E-state index contributed by atoms with van der Waals surface area (Å²) in [5.41, 5.74) is 2.56. The number of sulfone groups is 1. The van der Waals surface area contributed by atoms with E-state index in [1.165, 1.54) is 11.8 Å². The largest absolute Gasteiger partial charge is 0.344 e. The van der Waals surface area contributed by atoms with Crippen molar-refractivity contribution in [2.45, 2.75) is 26.3 Å². The number of aryl methyl sites for hydroxylation is 1. The second-order valence-electron chi connectivity index (χ2n) is 5.92. The SMILES string of the molecule is Cc1cc(C(=O)CSC2=NCCS2)c(C)n1[C@@H]1CCS(=O)(=O)C1. The van der Waals surface area contributed by atoms with Crippen LogP contribution in [0.1, 0.15) is 34.2 Å². The van der Waals surface area contributed by atoms with Gasteiger partial charge in [-0.25, -0.2) is 8.42 Å². The lowest BCUT2D eigenvalue weighted by Crippen LogP contribution is -2.14. The molecule has 0 bridgehead atoms. The van der Waals surface area contributed by atoms with Crippen LogP contribution in [0.2, 0.25) is 0 Å². The Morgan fingerprint density at radius 2 is 2.26 bits per heavy atom. The predicted octanol–water partition coefficient (Wildman–Crippen LogP) is 2.48. The number of carbonyl (C=O) groups is 1. The van der Waals surface area contributed by atoms with Gasteiger partial charge in [0.1, 0.15) is 4.38 Å². The molecule has 0 N–H and O–H groups in total. The number of rotatable bonds is 4. The third kappa shape index (κ3) is 3.69. The number of hydrogen-bond acceptors (Lipinski definition) is 6. The average molecular weight is 373 g/mol. The van der Waals surface area contributed by atoms with Crippen LogP contribution < -0.4 is 0 Å². The third-order valence-electron chi connectivity index (χ3n) is 4.24. The maximum atomic E-state index is 12.5. The second-order valence-corrected chi connectivity index (χ2v) is 10.5. The predicted molar refractivity (Wildman–Crippen MR) is 97.8 cm³/mol. The van der Waals surface area contributed by atoms with Crippen LogP contribution in [-0.4, -0.2) is 52.7 Å². The van der Waals surface area contributed by atoms with Gasteiger partial charge in [0.2, 0.25) is 0 Å². The molecule has 1 aromatic rings. The molecule has 0 aliphatic carbocycles. The van der Waals surface area contributed by atoms with E-state index < -0.39 is 9.84 Å². The van der Waals surface area contributed by atoms with E-state index in [0.29, 0.717) is 17.7 Å². The van der Waals surface area contributed by atoms with Gasteiger partial charge < -0.3 is 4.57 Å². The highest BCUT2D eigenvalue weighted by atomic mass is 32.2. The van der Waals surface area contributed by atoms with Gasteiger partial charge in [-0.1, -0.05) is 23.5 Å². The van der Waals surface area contributed by atoms with Crippen LogP contribution in [0.25, 0.3) is 0 Å². The Morgan fingerprint density at radius 1 is 1.48 bits per heavy atom. The molecule has 3 rings (SSSR count). The first-order valence-corrected chi connectivity index (χ1v) is 11.4. The molecule has 0 saturated carbocycles. The summed E-state index contributed by atoms with van der Waals surface area (Å²) in [4.78, 5) is 16.9. The average Bonchev–Trinajstić information content (AvgIpc) is 3.17. The number of hydrogen-bond donors (Lipinski definition) is 0. The molecule has 8 heteroatoms. The summed E-state index contributed by atoms with van der Waals surface area (Å²) in [7, 11) is -2.94. The molecule has 2 aliphatic rings. The first kappa shape index (κ1) is 17.1. The summed E-state index contributed by atoms with van der Waals surface area (Å²) in [6.07, 6.45) is 0.633. The van der Waals surface area contributed by atoms with E-state index in [2.05, 4.69) is 4.99 Å². The number of nitrogens with zero attached hydrogens (tertiary/aromatic N) is 2. The van der Waals surface area contributed by atoms with Crippen LogP contribution >= 0.6 is 23.5 Å². The van der Waals surface area contributed by atoms with Crippen LogP contribution in [0.4, 0.5) is 0 Å². The molecule has 2 aliphatic heterocycles. The number of Topliss-reactive ketones (excluding diaryl/α,β-unsaturated/α-hetero) is 1. The van der Waals surface area contributed by atoms with Gasteiger partial charge in [0.25, 0.3) is 0 Å². The lowest BCUT2D eigenvalue weighted by Gasteiger charge is -2.16. The minimum absolute atomic E-state index is 0.0380. The van der Waals surface area contributed by atoms with Gasteiger partial charge >= 0.3 is 0 Å². The number of aliphatic imine (C=N–C) groups is 1. The van der Waals surface area contributed by atoms with Crippen molar-refractivity contribution < 1.29 is 13.2 Å². The maximum Gasteiger partial charge on any atom is 0.174 e. The minimum atomic E-state index is -2.94. The molecule has 0 radical (unpaired) electrons. The van der Waals surface area contributed by atoms with Crippen LogP contribution in [0, 0.1) is 13.8 Å². The first-order valence-electron chi connectivity index (χ1n) is 7.59. The van der Waals surface area contributed by atoms with Crippen LogP contribution in [0.15, 0.2) is 11.1 Å². The van der Waals surface area contributed by atoms with Crippen LogP contribution in [0.5, 0.6) is 0 Å². The van der Waals surface area contributed by atoms with Crippen molar-refractivity contribution >= 4 is 43.5 Å². The van der Waals surface area contributed by atoms with E-state index in [9.17, 15) is 13.2 Å². The number of aromatic nitrogens is 1. The fraction of sp³-hybridized carbons (Fsp3) is 0.600. The molecule has 1 saturated heterocycles. The second kappa shape index (κ2) is 6.64. The van der Waals surface area contributed by atoms with E-state index in [0.717, 1.165) is 28.1 Å². The Morgan fingerprint density at radius 3 is 2.87 bits per heavy atom. The maximum absolute atomic E-state index is 12.5. The molecule has 0 aromatic carbocycles. The molecular weight excluding hydrogens is 352 g/mol. The summed E-state index contributed by atoms with van der Waals surface area (Å²) < 4.78 is 26.5. The van der Waals surface area contributed by atoms with Crippen molar-refractivity contribution in [1.29, 1.82) is 0 Å². The van der Waals surface area contributed by atoms with Crippen molar-refractivity contribution in [3.05, 3.63) is 23.0 Å². The van der Waals surface area contributed by atoms with E-state index in [4.69, 9.17) is 0 Å². The number of ketones is 1. The fourth-order valence-electron chi connectivity index (χ4n) is 3.21. The molecule has 23 heavy (non-hydrogen) atoms. The van der Waals surface area contributed by atoms with Gasteiger partial charge in [-0.2, -0.15) is 0 Å². The molecule has 0 unspecified atom stereocenters. The number of thioether (sulfide) groups is 2. The summed E-state index contributed by atoms with van der Waals surface area (Å²) in [5, 5.41) is 0. The highest BCUT2D eigenvalue weighted by Crippen LogP contribution is 2.30. The minimum Gasteiger partial charge on any atom is -0.344 e. The Hall–Kier alpha value is -0.730. The van der Waals surface area contributed by atoms with Crippen molar-refractivity contribution in [3.63, 3.8) is 0 Å². The molecule has 0 amide bonds. The van der Waals surface area contributed by atoms with Gasteiger partial charge in [-0.15, -0.1) is 0 Å². The Balaban J connectivity index is 1.76. The zero-order valence-corrected chi connectivity index (χ0v) is 15.7. The quantitative estimate of drug-likeness (QED) is 0.760. The Labute approximate surface area is 145 Å². The van der Waals surface area contributed by atoms with Crippen LogP contribution in [0.3, 0.4) is 0 Å². The van der Waals surface area contributed by atoms with Crippen LogP contribution in [-0.2, 0) is 9.84 Å². The molecular formula is C15H20N2O3S3. The van der Waals surface area contributed by atoms with Crippen molar-refractivity contribution in [1.82, 2.24) is 4.57 Å². The number of carbonyl (C=O) groups excluding carboxylic acids is 1. The first-order chi connectivity index (χ1) is 10.9. The highest BCUT2D eigenvalue weighted by molar-refractivity contribution is 8.39. The van der Waals surface area contributed by atoms with Crippen molar-refractivity contribution in [3.8, 4) is 0 Å². The molecule has 5 nitrogen and oxygen atoms in total. The van der Waals surface area contributed by atoms with E-state index in [1.807, 2.05) is 24.5 Å².